The molecule has 0 aliphatic heterocycles. The van der Waals surface area contributed by atoms with E-state index in [2.05, 4.69) is 20.8 Å². The fraction of sp³-hybridized carbons (Fsp3) is 0.923. The van der Waals surface area contributed by atoms with Crippen molar-refractivity contribution in [3.8, 4) is 0 Å². The molecule has 0 aliphatic rings. The first-order chi connectivity index (χ1) is 7.42. The number of aliphatic carboxylic acids is 1. The van der Waals surface area contributed by atoms with Crippen molar-refractivity contribution in [2.24, 2.45) is 5.92 Å². The van der Waals surface area contributed by atoms with E-state index in [4.69, 9.17) is 0 Å². The molecule has 0 heterocycles. The zero-order valence-electron chi connectivity index (χ0n) is 11.1. The molecule has 0 rings (SSSR count). The minimum Gasteiger partial charge on any atom is -0.480 e. The van der Waals surface area contributed by atoms with Crippen LogP contribution in [0.15, 0.2) is 0 Å². The average molecular weight is 246 g/mol. The zero-order chi connectivity index (χ0) is 12.6. The summed E-state index contributed by atoms with van der Waals surface area (Å²) in [6.07, 6.45) is 5.39. The first kappa shape index (κ1) is 15.8. The van der Waals surface area contributed by atoms with Crippen LogP contribution in [0.3, 0.4) is 0 Å². The molecule has 3 heteroatoms. The summed E-state index contributed by atoms with van der Waals surface area (Å²) in [7, 11) is 0. The van der Waals surface area contributed by atoms with Crippen molar-refractivity contribution in [1.29, 1.82) is 0 Å². The largest absolute Gasteiger partial charge is 0.480 e. The molecule has 0 bridgehead atoms. The lowest BCUT2D eigenvalue weighted by Gasteiger charge is -2.25. The second-order valence-electron chi connectivity index (χ2n) is 5.05. The van der Waals surface area contributed by atoms with E-state index in [0.717, 1.165) is 25.0 Å². The molecule has 0 aromatic carbocycles. The Bertz CT molecular complexity index is 204. The van der Waals surface area contributed by atoms with Gasteiger partial charge in [0.1, 0.15) is 4.75 Å². The summed E-state index contributed by atoms with van der Waals surface area (Å²) in [5.41, 5.74) is 0. The van der Waals surface area contributed by atoms with Gasteiger partial charge in [-0.15, -0.1) is 11.8 Å². The molecule has 1 atom stereocenters. The molecular weight excluding hydrogens is 220 g/mol. The van der Waals surface area contributed by atoms with Gasteiger partial charge >= 0.3 is 5.97 Å². The number of thioether (sulfide) groups is 1. The number of unbranched alkanes of at least 4 members (excludes halogenated alkanes) is 3. The Morgan fingerprint density at radius 1 is 1.31 bits per heavy atom. The third-order valence-corrected chi connectivity index (χ3v) is 4.54. The number of rotatable bonds is 9. The Balaban J connectivity index is 4.07. The summed E-state index contributed by atoms with van der Waals surface area (Å²) < 4.78 is -0.585. The zero-order valence-corrected chi connectivity index (χ0v) is 11.9. The molecule has 0 aromatic rings. The van der Waals surface area contributed by atoms with Crippen LogP contribution >= 0.6 is 11.8 Å². The number of carboxylic acids is 1. The van der Waals surface area contributed by atoms with Gasteiger partial charge in [0.05, 0.1) is 0 Å². The molecule has 0 aliphatic carbocycles. The highest BCUT2D eigenvalue weighted by molar-refractivity contribution is 8.01. The highest BCUT2D eigenvalue weighted by atomic mass is 32.2. The second-order valence-corrected chi connectivity index (χ2v) is 6.57. The van der Waals surface area contributed by atoms with Gasteiger partial charge in [0.2, 0.25) is 0 Å². The molecule has 0 spiro atoms. The van der Waals surface area contributed by atoms with E-state index in [1.54, 1.807) is 11.8 Å². The molecule has 2 nitrogen and oxygen atoms in total. The summed E-state index contributed by atoms with van der Waals surface area (Å²) in [6.45, 7) is 8.30. The molecule has 0 amide bonds. The van der Waals surface area contributed by atoms with Crippen molar-refractivity contribution in [3.63, 3.8) is 0 Å². The Hall–Kier alpha value is -0.180. The van der Waals surface area contributed by atoms with Crippen molar-refractivity contribution >= 4 is 17.7 Å². The van der Waals surface area contributed by atoms with Crippen LogP contribution in [0, 0.1) is 5.92 Å². The van der Waals surface area contributed by atoms with E-state index in [1.807, 2.05) is 6.92 Å². The van der Waals surface area contributed by atoms with Gasteiger partial charge in [0.15, 0.2) is 0 Å². The summed E-state index contributed by atoms with van der Waals surface area (Å²) in [6, 6.07) is 0. The third-order valence-electron chi connectivity index (χ3n) is 2.70. The van der Waals surface area contributed by atoms with Crippen LogP contribution in [-0.2, 0) is 4.79 Å². The van der Waals surface area contributed by atoms with Crippen LogP contribution in [0.4, 0.5) is 0 Å². The summed E-state index contributed by atoms with van der Waals surface area (Å²) >= 11 is 1.60. The minimum atomic E-state index is -0.658. The molecule has 1 unspecified atom stereocenters. The molecular formula is C13H26O2S. The summed E-state index contributed by atoms with van der Waals surface area (Å²) in [5, 5.41) is 9.28. The minimum absolute atomic E-state index is 0.555. The highest BCUT2D eigenvalue weighted by Gasteiger charge is 2.32. The molecule has 1 N–H and O–H groups in total. The van der Waals surface area contributed by atoms with Gasteiger partial charge in [-0.2, -0.15) is 0 Å². The van der Waals surface area contributed by atoms with E-state index in [0.29, 0.717) is 5.92 Å². The van der Waals surface area contributed by atoms with Gasteiger partial charge in [-0.3, -0.25) is 4.79 Å². The first-order valence-electron chi connectivity index (χ1n) is 6.29. The summed E-state index contributed by atoms with van der Waals surface area (Å²) in [5.74, 6) is 0.824. The van der Waals surface area contributed by atoms with Crippen molar-refractivity contribution in [2.75, 3.05) is 5.75 Å². The lowest BCUT2D eigenvalue weighted by Crippen LogP contribution is -2.32. The van der Waals surface area contributed by atoms with Gasteiger partial charge in [0, 0.05) is 0 Å². The molecule has 0 fully saturated rings. The predicted molar refractivity (Wildman–Crippen MR) is 72.1 cm³/mol. The number of hydrogen-bond acceptors (Lipinski definition) is 2. The van der Waals surface area contributed by atoms with E-state index in [9.17, 15) is 9.90 Å². The Kier molecular flexibility index (Phi) is 7.90. The van der Waals surface area contributed by atoms with Crippen LogP contribution in [0.1, 0.15) is 59.8 Å². The van der Waals surface area contributed by atoms with Crippen LogP contribution in [-0.4, -0.2) is 21.6 Å². The van der Waals surface area contributed by atoms with Gasteiger partial charge in [-0.25, -0.2) is 0 Å². The van der Waals surface area contributed by atoms with Crippen molar-refractivity contribution < 1.29 is 9.90 Å². The van der Waals surface area contributed by atoms with Gasteiger partial charge in [-0.05, 0) is 25.0 Å². The first-order valence-corrected chi connectivity index (χ1v) is 7.28. The maximum Gasteiger partial charge on any atom is 0.319 e. The lowest BCUT2D eigenvalue weighted by molar-refractivity contribution is -0.139. The van der Waals surface area contributed by atoms with Crippen LogP contribution in [0.25, 0.3) is 0 Å². The second kappa shape index (κ2) is 7.99. The quantitative estimate of drug-likeness (QED) is 0.620. The number of carbonyl (C=O) groups is 1. The van der Waals surface area contributed by atoms with Crippen LogP contribution in [0.2, 0.25) is 0 Å². The standard InChI is InChI=1S/C13H26O2S/c1-5-6-7-8-9-13(4,12(14)15)16-10-11(2)3/h11H,5-10H2,1-4H3,(H,14,15). The smallest absolute Gasteiger partial charge is 0.319 e. The SMILES string of the molecule is CCCCCCC(C)(SCC(C)C)C(=O)O. The predicted octanol–water partition coefficient (Wildman–Crippen LogP) is 4.19. The molecule has 0 radical (unpaired) electrons. The number of hydrogen-bond donors (Lipinski definition) is 1. The third kappa shape index (κ3) is 6.41. The van der Waals surface area contributed by atoms with Crippen molar-refractivity contribution in [2.45, 2.75) is 64.5 Å². The molecule has 0 saturated carbocycles. The Labute approximate surface area is 104 Å². The monoisotopic (exact) mass is 246 g/mol. The maximum absolute atomic E-state index is 11.3. The van der Waals surface area contributed by atoms with E-state index in [-0.39, 0.29) is 0 Å². The van der Waals surface area contributed by atoms with Crippen molar-refractivity contribution in [3.05, 3.63) is 0 Å². The van der Waals surface area contributed by atoms with E-state index in [1.165, 1.54) is 12.8 Å². The fourth-order valence-corrected chi connectivity index (χ4v) is 2.59. The van der Waals surface area contributed by atoms with Gasteiger partial charge < -0.3 is 5.11 Å². The Morgan fingerprint density at radius 3 is 2.38 bits per heavy atom. The van der Waals surface area contributed by atoms with Gasteiger partial charge in [0.25, 0.3) is 0 Å². The molecule has 96 valence electrons. The van der Waals surface area contributed by atoms with Crippen molar-refractivity contribution in [1.82, 2.24) is 0 Å². The molecule has 16 heavy (non-hydrogen) atoms. The van der Waals surface area contributed by atoms with Crippen LogP contribution in [0.5, 0.6) is 0 Å². The van der Waals surface area contributed by atoms with E-state index >= 15 is 0 Å². The highest BCUT2D eigenvalue weighted by Crippen LogP contribution is 2.32. The van der Waals surface area contributed by atoms with Gasteiger partial charge in [-0.1, -0.05) is 46.5 Å². The average Bonchev–Trinajstić information content (AvgIpc) is 2.21. The summed E-state index contributed by atoms with van der Waals surface area (Å²) in [4.78, 5) is 11.3. The van der Waals surface area contributed by atoms with Crippen LogP contribution < -0.4 is 0 Å². The normalized spacial score (nSPS) is 15.1. The maximum atomic E-state index is 11.3. The lowest BCUT2D eigenvalue weighted by atomic mass is 10.0. The Morgan fingerprint density at radius 2 is 1.94 bits per heavy atom. The molecule has 0 aromatic heterocycles. The molecule has 0 saturated heterocycles. The van der Waals surface area contributed by atoms with E-state index < -0.39 is 10.7 Å². The topological polar surface area (TPSA) is 37.3 Å². The fourth-order valence-electron chi connectivity index (χ4n) is 1.48. The number of carboxylic acid groups (broad SMARTS) is 1.